The summed E-state index contributed by atoms with van der Waals surface area (Å²) in [6.45, 7) is 2.86. The van der Waals surface area contributed by atoms with Gasteiger partial charge in [0.25, 0.3) is 5.91 Å². The van der Waals surface area contributed by atoms with Gasteiger partial charge in [-0.15, -0.1) is 0 Å². The molecule has 0 radical (unpaired) electrons. The molecule has 2 aromatic carbocycles. The molecule has 1 saturated heterocycles. The topological polar surface area (TPSA) is 86.8 Å². The second kappa shape index (κ2) is 10.7. The van der Waals surface area contributed by atoms with Crippen LogP contribution in [0.1, 0.15) is 36.5 Å². The van der Waals surface area contributed by atoms with E-state index in [-0.39, 0.29) is 29.6 Å². The number of hydrogen-bond donors (Lipinski definition) is 1. The summed E-state index contributed by atoms with van der Waals surface area (Å²) in [5.74, 6) is -0.825. The third kappa shape index (κ3) is 5.61. The number of piperidine rings is 1. The van der Waals surface area contributed by atoms with Crippen molar-refractivity contribution in [2.45, 2.75) is 31.1 Å². The van der Waals surface area contributed by atoms with Gasteiger partial charge in [0.05, 0.1) is 20.6 Å². The maximum absolute atomic E-state index is 12.9. The lowest BCUT2D eigenvalue weighted by Crippen LogP contribution is -2.38. The Hall–Kier alpha value is -2.13. The molecule has 7 nitrogen and oxygen atoms in total. The highest BCUT2D eigenvalue weighted by Crippen LogP contribution is 2.29. The molecule has 0 aliphatic carbocycles. The number of benzene rings is 2. The molecule has 10 heteroatoms. The number of nitrogens with zero attached hydrogens (tertiary/aromatic N) is 2. The number of carbonyl (C=O) groups is 2. The van der Waals surface area contributed by atoms with Crippen LogP contribution in [0.15, 0.2) is 47.4 Å². The first-order valence-electron chi connectivity index (χ1n) is 10.4. The van der Waals surface area contributed by atoms with Crippen molar-refractivity contribution in [3.8, 4) is 0 Å². The molecule has 1 aliphatic heterocycles. The van der Waals surface area contributed by atoms with Crippen LogP contribution in [0.4, 0.5) is 5.69 Å². The zero-order valence-corrected chi connectivity index (χ0v) is 20.0. The highest BCUT2D eigenvalue weighted by atomic mass is 35.5. The zero-order chi connectivity index (χ0) is 23.3. The number of para-hydroxylation sites is 1. The molecule has 32 heavy (non-hydrogen) atoms. The Bertz CT molecular complexity index is 1060. The van der Waals surface area contributed by atoms with Gasteiger partial charge in [-0.05, 0) is 56.2 Å². The first kappa shape index (κ1) is 24.5. The van der Waals surface area contributed by atoms with E-state index < -0.39 is 15.9 Å². The molecule has 0 aromatic heterocycles. The largest absolute Gasteiger partial charge is 0.330 e. The predicted molar refractivity (Wildman–Crippen MR) is 126 cm³/mol. The van der Waals surface area contributed by atoms with Crippen molar-refractivity contribution in [1.82, 2.24) is 9.21 Å². The normalized spacial score (nSPS) is 14.7. The Morgan fingerprint density at radius 2 is 1.59 bits per heavy atom. The minimum Gasteiger partial charge on any atom is -0.330 e. The van der Waals surface area contributed by atoms with Crippen molar-refractivity contribution in [3.63, 3.8) is 0 Å². The fraction of sp³-hybridized carbons (Fsp3) is 0.364. The molecular weight excluding hydrogens is 473 g/mol. The number of halogens is 2. The van der Waals surface area contributed by atoms with Crippen molar-refractivity contribution in [3.05, 3.63) is 58.1 Å². The first-order chi connectivity index (χ1) is 15.2. The predicted octanol–water partition coefficient (Wildman–Crippen LogP) is 4.27. The van der Waals surface area contributed by atoms with Gasteiger partial charge in [0.2, 0.25) is 15.9 Å². The number of likely N-dealkylation sites (N-methyl/N-ethyl adjacent to an activating group) is 1. The molecule has 1 N–H and O–H groups in total. The van der Waals surface area contributed by atoms with Gasteiger partial charge in [-0.3, -0.25) is 9.59 Å². The maximum atomic E-state index is 12.9. The number of anilines is 1. The van der Waals surface area contributed by atoms with Gasteiger partial charge in [-0.25, -0.2) is 8.42 Å². The molecule has 0 spiro atoms. The smallest absolute Gasteiger partial charge is 0.254 e. The van der Waals surface area contributed by atoms with Crippen LogP contribution in [-0.2, 0) is 14.8 Å². The molecule has 2 aromatic rings. The van der Waals surface area contributed by atoms with E-state index >= 15 is 0 Å². The fourth-order valence-corrected chi connectivity index (χ4v) is 5.51. The standard InChI is InChI=1S/C22H25Cl2N3O4S/c1-2-26(15-20(28)25-21-18(23)7-6-8-19(21)24)22(29)16-9-11-17(12-10-16)32(30,31)27-13-4-3-5-14-27/h6-12H,2-5,13-15H2,1H3,(H,25,28). The number of amides is 2. The van der Waals surface area contributed by atoms with Crippen LogP contribution in [0, 0.1) is 0 Å². The molecule has 1 aliphatic rings. The van der Waals surface area contributed by atoms with Crippen LogP contribution < -0.4 is 5.32 Å². The number of rotatable bonds is 7. The minimum absolute atomic E-state index is 0.158. The number of sulfonamides is 1. The lowest BCUT2D eigenvalue weighted by molar-refractivity contribution is -0.116. The van der Waals surface area contributed by atoms with E-state index in [2.05, 4.69) is 5.32 Å². The molecule has 1 fully saturated rings. The molecule has 2 amide bonds. The summed E-state index contributed by atoms with van der Waals surface area (Å²) in [6, 6.07) is 10.7. The van der Waals surface area contributed by atoms with Gasteiger partial charge in [0, 0.05) is 25.2 Å². The molecule has 172 valence electrons. The molecule has 0 saturated carbocycles. The molecule has 3 rings (SSSR count). The zero-order valence-electron chi connectivity index (χ0n) is 17.7. The Morgan fingerprint density at radius 1 is 1.00 bits per heavy atom. The number of carbonyl (C=O) groups excluding carboxylic acids is 2. The van der Waals surface area contributed by atoms with Crippen LogP contribution in [0.5, 0.6) is 0 Å². The van der Waals surface area contributed by atoms with Gasteiger partial charge >= 0.3 is 0 Å². The summed E-state index contributed by atoms with van der Waals surface area (Å²) in [5.41, 5.74) is 0.588. The summed E-state index contributed by atoms with van der Waals surface area (Å²) < 4.78 is 27.1. The Kier molecular flexibility index (Phi) is 8.16. The van der Waals surface area contributed by atoms with Crippen molar-refractivity contribution in [1.29, 1.82) is 0 Å². The van der Waals surface area contributed by atoms with Crippen LogP contribution in [0.2, 0.25) is 10.0 Å². The second-order valence-electron chi connectivity index (χ2n) is 7.45. The van der Waals surface area contributed by atoms with Crippen LogP contribution in [0.25, 0.3) is 0 Å². The Labute approximate surface area is 198 Å². The summed E-state index contributed by atoms with van der Waals surface area (Å²) in [7, 11) is -3.57. The van der Waals surface area contributed by atoms with Gasteiger partial charge in [0.15, 0.2) is 0 Å². The quantitative estimate of drug-likeness (QED) is 0.618. The van der Waals surface area contributed by atoms with Crippen molar-refractivity contribution >= 4 is 50.7 Å². The highest BCUT2D eigenvalue weighted by molar-refractivity contribution is 7.89. The molecule has 0 unspecified atom stereocenters. The fourth-order valence-electron chi connectivity index (χ4n) is 3.50. The summed E-state index contributed by atoms with van der Waals surface area (Å²) >= 11 is 12.2. The van der Waals surface area contributed by atoms with E-state index in [1.807, 2.05) is 0 Å². The summed E-state index contributed by atoms with van der Waals surface area (Å²) in [6.07, 6.45) is 2.73. The van der Waals surface area contributed by atoms with Gasteiger partial charge in [-0.2, -0.15) is 4.31 Å². The molecule has 1 heterocycles. The van der Waals surface area contributed by atoms with Crippen LogP contribution in [0.3, 0.4) is 0 Å². The van der Waals surface area contributed by atoms with Gasteiger partial charge < -0.3 is 10.2 Å². The van der Waals surface area contributed by atoms with Gasteiger partial charge in [-0.1, -0.05) is 35.7 Å². The van der Waals surface area contributed by atoms with Crippen LogP contribution in [-0.4, -0.2) is 55.6 Å². The van der Waals surface area contributed by atoms with Gasteiger partial charge in [0.1, 0.15) is 6.54 Å². The SMILES string of the molecule is CCN(CC(=O)Nc1c(Cl)cccc1Cl)C(=O)c1ccc(S(=O)(=O)N2CCCCC2)cc1. The average Bonchev–Trinajstić information content (AvgIpc) is 2.80. The van der Waals surface area contributed by atoms with E-state index in [1.165, 1.54) is 33.5 Å². The first-order valence-corrected chi connectivity index (χ1v) is 12.6. The lowest BCUT2D eigenvalue weighted by Gasteiger charge is -2.26. The van der Waals surface area contributed by atoms with Crippen molar-refractivity contribution in [2.75, 3.05) is 31.5 Å². The minimum atomic E-state index is -3.57. The van der Waals surface area contributed by atoms with E-state index in [1.54, 1.807) is 25.1 Å². The van der Waals surface area contributed by atoms with Crippen molar-refractivity contribution in [2.24, 2.45) is 0 Å². The van der Waals surface area contributed by atoms with E-state index in [0.717, 1.165) is 19.3 Å². The highest BCUT2D eigenvalue weighted by Gasteiger charge is 2.26. The third-order valence-corrected chi connectivity index (χ3v) is 7.83. The van der Waals surface area contributed by atoms with E-state index in [0.29, 0.717) is 28.7 Å². The number of hydrogen-bond acceptors (Lipinski definition) is 4. The average molecular weight is 498 g/mol. The Morgan fingerprint density at radius 3 is 2.16 bits per heavy atom. The second-order valence-corrected chi connectivity index (χ2v) is 10.2. The lowest BCUT2D eigenvalue weighted by atomic mass is 10.2. The van der Waals surface area contributed by atoms with Crippen LogP contribution >= 0.6 is 23.2 Å². The summed E-state index contributed by atoms with van der Waals surface area (Å²) in [5, 5.41) is 3.23. The maximum Gasteiger partial charge on any atom is 0.254 e. The van der Waals surface area contributed by atoms with Crippen molar-refractivity contribution < 1.29 is 18.0 Å². The van der Waals surface area contributed by atoms with E-state index in [9.17, 15) is 18.0 Å². The Balaban J connectivity index is 1.69. The monoisotopic (exact) mass is 497 g/mol. The van der Waals surface area contributed by atoms with E-state index in [4.69, 9.17) is 23.2 Å². The molecule has 0 atom stereocenters. The summed E-state index contributed by atoms with van der Waals surface area (Å²) in [4.78, 5) is 26.9. The molecular formula is C22H25Cl2N3O4S. The third-order valence-electron chi connectivity index (χ3n) is 5.28. The number of nitrogens with one attached hydrogen (secondary N) is 1. The molecule has 0 bridgehead atoms.